The molecule has 3 rings (SSSR count). The number of carbonyl (C=O) groups is 4. The van der Waals surface area contributed by atoms with Crippen molar-refractivity contribution in [3.8, 4) is 18.3 Å². The summed E-state index contributed by atoms with van der Waals surface area (Å²) in [5.41, 5.74) is -3.31. The lowest BCUT2D eigenvalue weighted by atomic mass is 9.93. The molecule has 12 nitrogen and oxygen atoms in total. The highest BCUT2D eigenvalue weighted by molar-refractivity contribution is 5.85. The van der Waals surface area contributed by atoms with E-state index in [1.165, 1.54) is 4.68 Å². The minimum absolute atomic E-state index is 0.0387. The highest BCUT2D eigenvalue weighted by Crippen LogP contribution is 2.36. The number of terminal acetylenes is 1. The molecule has 0 spiro atoms. The first kappa shape index (κ1) is 37.3. The smallest absolute Gasteiger partial charge is 0.311 e. The van der Waals surface area contributed by atoms with E-state index in [2.05, 4.69) is 11.1 Å². The summed E-state index contributed by atoms with van der Waals surface area (Å²) < 4.78 is 37.6. The lowest BCUT2D eigenvalue weighted by molar-refractivity contribution is -0.294. The number of nitrogens with zero attached hydrogens (tertiary/aromatic N) is 2. The van der Waals surface area contributed by atoms with Gasteiger partial charge >= 0.3 is 23.9 Å². The van der Waals surface area contributed by atoms with E-state index in [9.17, 15) is 19.2 Å². The minimum atomic E-state index is -1.49. The summed E-state index contributed by atoms with van der Waals surface area (Å²) >= 11 is 0. The number of fused-ring (bicyclic) bond motifs is 1. The van der Waals surface area contributed by atoms with E-state index in [0.29, 0.717) is 10.9 Å². The Kier molecular flexibility index (Phi) is 10.8. The topological polar surface area (TPSA) is 141 Å². The normalized spacial score (nSPS) is 22.1. The first-order chi connectivity index (χ1) is 21.4. The van der Waals surface area contributed by atoms with E-state index >= 15 is 0 Å². The molecule has 0 amide bonds. The second kappa shape index (κ2) is 13.6. The van der Waals surface area contributed by atoms with Gasteiger partial charge in [0.1, 0.15) is 12.7 Å². The Balaban J connectivity index is 2.22. The predicted octanol–water partition coefficient (Wildman–Crippen LogP) is 5.04. The molecule has 1 aromatic carbocycles. The summed E-state index contributed by atoms with van der Waals surface area (Å²) in [5, 5.41) is 4.90. The number of hydrogen-bond acceptors (Lipinski definition) is 11. The van der Waals surface area contributed by atoms with Crippen LogP contribution >= 0.6 is 0 Å². The predicted molar refractivity (Wildman–Crippen MR) is 172 cm³/mol. The molecule has 258 valence electrons. The van der Waals surface area contributed by atoms with Crippen molar-refractivity contribution in [2.75, 3.05) is 6.61 Å². The fraction of sp³-hybridized carbons (Fsp3) is 0.629. The molecule has 1 aromatic heterocycles. The minimum Gasteiger partial charge on any atom is -0.462 e. The molecule has 0 saturated carbocycles. The van der Waals surface area contributed by atoms with Gasteiger partial charge in [-0.25, -0.2) is 0 Å². The van der Waals surface area contributed by atoms with Gasteiger partial charge in [-0.3, -0.25) is 19.2 Å². The zero-order chi connectivity index (χ0) is 35.7. The molecule has 0 radical (unpaired) electrons. The maximum atomic E-state index is 13.5. The van der Waals surface area contributed by atoms with Gasteiger partial charge in [0.05, 0.1) is 32.6 Å². The van der Waals surface area contributed by atoms with Crippen molar-refractivity contribution in [3.63, 3.8) is 0 Å². The summed E-state index contributed by atoms with van der Waals surface area (Å²) in [6.07, 6.45) is -1.37. The Labute approximate surface area is 276 Å². The molecule has 0 N–H and O–H groups in total. The molecule has 12 heteroatoms. The van der Waals surface area contributed by atoms with Crippen LogP contribution in [0.4, 0.5) is 0 Å². The van der Waals surface area contributed by atoms with Crippen molar-refractivity contribution in [2.24, 2.45) is 21.7 Å². The van der Waals surface area contributed by atoms with Crippen molar-refractivity contribution in [3.05, 3.63) is 24.3 Å². The highest BCUT2D eigenvalue weighted by atomic mass is 16.7. The maximum absolute atomic E-state index is 13.5. The van der Waals surface area contributed by atoms with Gasteiger partial charge in [0.15, 0.2) is 12.2 Å². The fourth-order valence-electron chi connectivity index (χ4n) is 4.12. The van der Waals surface area contributed by atoms with Gasteiger partial charge in [-0.1, -0.05) is 18.6 Å². The molecule has 0 unspecified atom stereocenters. The van der Waals surface area contributed by atoms with Crippen LogP contribution in [0.15, 0.2) is 24.3 Å². The third-order valence-electron chi connectivity index (χ3n) is 7.05. The van der Waals surface area contributed by atoms with E-state index < -0.39 is 82.8 Å². The molecular weight excluding hydrogens is 608 g/mol. The van der Waals surface area contributed by atoms with Crippen LogP contribution in [0.2, 0.25) is 0 Å². The average molecular weight is 657 g/mol. The third kappa shape index (κ3) is 9.04. The Bertz CT molecular complexity index is 1520. The second-order valence-electron chi connectivity index (χ2n) is 15.7. The van der Waals surface area contributed by atoms with E-state index in [1.54, 1.807) is 107 Å². The molecule has 2 aromatic rings. The van der Waals surface area contributed by atoms with Gasteiger partial charge in [-0.2, -0.15) is 4.68 Å². The molecule has 47 heavy (non-hydrogen) atoms. The third-order valence-corrected chi connectivity index (χ3v) is 7.05. The van der Waals surface area contributed by atoms with Crippen LogP contribution in [0.3, 0.4) is 0 Å². The largest absolute Gasteiger partial charge is 0.462 e. The van der Waals surface area contributed by atoms with Crippen molar-refractivity contribution in [2.45, 2.75) is 114 Å². The second-order valence-corrected chi connectivity index (χ2v) is 15.7. The van der Waals surface area contributed by atoms with Gasteiger partial charge in [0.2, 0.25) is 18.3 Å². The molecule has 0 aliphatic carbocycles. The Morgan fingerprint density at radius 2 is 1.21 bits per heavy atom. The summed E-state index contributed by atoms with van der Waals surface area (Å²) in [4.78, 5) is 53.1. The molecule has 0 bridgehead atoms. The van der Waals surface area contributed by atoms with Crippen LogP contribution in [0.25, 0.3) is 10.9 Å². The summed E-state index contributed by atoms with van der Waals surface area (Å²) in [7, 11) is 0. The SMILES string of the molecule is C#Cn1nc(O[C@@H]2O[C@H](COC(=O)C(C)(C)C)[C@@H](OC(=O)C(C)(C)C)[C@H](OC(=O)C(C)(C)C)[C@H]2OC(=O)C(C)(C)C)c2ccccc21. The van der Waals surface area contributed by atoms with Gasteiger partial charge in [0, 0.05) is 6.04 Å². The molecule has 2 heterocycles. The van der Waals surface area contributed by atoms with E-state index in [-0.39, 0.29) is 5.88 Å². The number of hydrogen-bond donors (Lipinski definition) is 0. The molecule has 1 saturated heterocycles. The first-order valence-electron chi connectivity index (χ1n) is 15.5. The van der Waals surface area contributed by atoms with Crippen LogP contribution in [-0.4, -0.2) is 71.0 Å². The number of para-hydroxylation sites is 1. The van der Waals surface area contributed by atoms with Crippen LogP contribution in [-0.2, 0) is 42.9 Å². The maximum Gasteiger partial charge on any atom is 0.311 e. The summed E-state index contributed by atoms with van der Waals surface area (Å²) in [6, 6.07) is 9.48. The van der Waals surface area contributed by atoms with Crippen molar-refractivity contribution in [1.82, 2.24) is 9.78 Å². The number of benzene rings is 1. The highest BCUT2D eigenvalue weighted by Gasteiger charge is 2.56. The fourth-order valence-corrected chi connectivity index (χ4v) is 4.12. The lowest BCUT2D eigenvalue weighted by Crippen LogP contribution is -2.65. The summed E-state index contributed by atoms with van der Waals surface area (Å²) in [6.45, 7) is 19.5. The Morgan fingerprint density at radius 1 is 0.745 bits per heavy atom. The Hall–Kier alpha value is -4.11. The number of esters is 4. The molecular formula is C35H48N2O10. The molecule has 1 aliphatic rings. The molecule has 1 fully saturated rings. The first-order valence-corrected chi connectivity index (χ1v) is 15.5. The van der Waals surface area contributed by atoms with Gasteiger partial charge in [-0.05, 0) is 95.2 Å². The molecule has 5 atom stereocenters. The van der Waals surface area contributed by atoms with Crippen molar-refractivity contribution >= 4 is 34.8 Å². The summed E-state index contributed by atoms with van der Waals surface area (Å²) in [5.74, 6) is -2.52. The molecule has 1 aliphatic heterocycles. The van der Waals surface area contributed by atoms with Crippen molar-refractivity contribution < 1.29 is 47.6 Å². The van der Waals surface area contributed by atoms with Crippen LogP contribution < -0.4 is 4.74 Å². The quantitative estimate of drug-likeness (QED) is 0.225. The average Bonchev–Trinajstić information content (AvgIpc) is 3.29. The van der Waals surface area contributed by atoms with Crippen LogP contribution in [0, 0.1) is 34.1 Å². The zero-order valence-electron chi connectivity index (χ0n) is 29.5. The van der Waals surface area contributed by atoms with Gasteiger partial charge < -0.3 is 28.4 Å². The zero-order valence-corrected chi connectivity index (χ0v) is 29.5. The van der Waals surface area contributed by atoms with Crippen LogP contribution in [0.5, 0.6) is 5.88 Å². The number of ether oxygens (including phenoxy) is 6. The monoisotopic (exact) mass is 656 g/mol. The van der Waals surface area contributed by atoms with E-state index in [1.807, 2.05) is 0 Å². The standard InChI is InChI=1S/C35H48N2O10/c1-14-37-21-18-16-15-17-20(21)26(36-37)47-27-25(46-31(41)35(11,12)13)24(45-30(40)34(8,9)10)23(44-29(39)33(5,6)7)22(43-27)19-42-28(38)32(2,3)4/h1,15-18,22-25,27H,19H2,2-13H3/t22-,23-,24+,25-,27+/m1/s1. The van der Waals surface area contributed by atoms with E-state index in [0.717, 1.165) is 0 Å². The lowest BCUT2D eigenvalue weighted by Gasteiger charge is -2.45. The van der Waals surface area contributed by atoms with E-state index in [4.69, 9.17) is 34.8 Å². The van der Waals surface area contributed by atoms with Gasteiger partial charge in [-0.15, -0.1) is 5.10 Å². The number of aromatic nitrogens is 2. The number of carbonyl (C=O) groups excluding carboxylic acids is 4. The van der Waals surface area contributed by atoms with Crippen molar-refractivity contribution in [1.29, 1.82) is 0 Å². The number of rotatable bonds is 7. The van der Waals surface area contributed by atoms with Crippen LogP contribution in [0.1, 0.15) is 83.1 Å². The van der Waals surface area contributed by atoms with Gasteiger partial charge in [0.25, 0.3) is 0 Å². The Morgan fingerprint density at radius 3 is 1.70 bits per heavy atom.